The van der Waals surface area contributed by atoms with Crippen LogP contribution in [0.4, 0.5) is 0 Å². The van der Waals surface area contributed by atoms with Gasteiger partial charge in [-0.1, -0.05) is 0 Å². The molecule has 0 bridgehead atoms. The zero-order chi connectivity index (χ0) is 6.78. The summed E-state index contributed by atoms with van der Waals surface area (Å²) in [6, 6.07) is 0. The molecule has 0 aliphatic heterocycles. The highest BCUT2D eigenvalue weighted by molar-refractivity contribution is 9.10. The number of rotatable bonds is 2. The van der Waals surface area contributed by atoms with Gasteiger partial charge in [0.1, 0.15) is 6.61 Å². The second-order valence-electron chi connectivity index (χ2n) is 1.56. The molecule has 0 rings (SSSR count). The van der Waals surface area contributed by atoms with E-state index in [1.165, 1.54) is 6.92 Å². The van der Waals surface area contributed by atoms with E-state index in [4.69, 9.17) is 5.11 Å². The Morgan fingerprint density at radius 3 is 2.38 bits per heavy atom. The van der Waals surface area contributed by atoms with Gasteiger partial charge in [0.2, 0.25) is 0 Å². The van der Waals surface area contributed by atoms with Crippen LogP contribution in [0.1, 0.15) is 6.92 Å². The lowest BCUT2D eigenvalue weighted by atomic mass is 10.4. The first-order valence-corrected chi connectivity index (χ1v) is 2.74. The predicted octanol–water partition coefficient (Wildman–Crippen LogP) is 0.366. The van der Waals surface area contributed by atoms with Crippen LogP contribution in [-0.2, 0) is 0 Å². The third kappa shape index (κ3) is 1.75. The fourth-order valence-electron chi connectivity index (χ4n) is 0.0577. The van der Waals surface area contributed by atoms with Gasteiger partial charge in [0, 0.05) is 27.8 Å². The van der Waals surface area contributed by atoms with Crippen molar-refractivity contribution in [2.45, 2.75) is 11.4 Å². The molecule has 48 valence electrons. The van der Waals surface area contributed by atoms with Gasteiger partial charge in [-0.3, -0.25) is 10.1 Å². The van der Waals surface area contributed by atoms with Crippen LogP contribution in [0.5, 0.6) is 0 Å². The highest BCUT2D eigenvalue weighted by Gasteiger charge is 2.31. The van der Waals surface area contributed by atoms with Crippen LogP contribution >= 0.6 is 15.9 Å². The first kappa shape index (κ1) is 7.84. The second-order valence-corrected chi connectivity index (χ2v) is 3.27. The number of nitro groups is 1. The number of aliphatic hydroxyl groups is 1. The molecule has 0 saturated heterocycles. The molecular weight excluding hydrogens is 178 g/mol. The van der Waals surface area contributed by atoms with Crippen molar-refractivity contribution in [2.75, 3.05) is 6.61 Å². The number of hydrogen-bond acceptors (Lipinski definition) is 3. The second kappa shape index (κ2) is 2.41. The Bertz CT molecular complexity index is 103. The molecule has 4 nitrogen and oxygen atoms in total. The Morgan fingerprint density at radius 2 is 2.38 bits per heavy atom. The molecule has 0 amide bonds. The molecule has 0 spiro atoms. The third-order valence-electron chi connectivity index (χ3n) is 0.669. The van der Waals surface area contributed by atoms with E-state index in [9.17, 15) is 10.1 Å². The van der Waals surface area contributed by atoms with Crippen molar-refractivity contribution >= 4 is 15.9 Å². The van der Waals surface area contributed by atoms with Crippen molar-refractivity contribution in [1.82, 2.24) is 0 Å². The van der Waals surface area contributed by atoms with Crippen molar-refractivity contribution < 1.29 is 10.0 Å². The lowest BCUT2D eigenvalue weighted by Gasteiger charge is -2.07. The monoisotopic (exact) mass is 183 g/mol. The summed E-state index contributed by atoms with van der Waals surface area (Å²) < 4.78 is -1.37. The summed E-state index contributed by atoms with van der Waals surface area (Å²) in [7, 11) is 0. The largest absolute Gasteiger partial charge is 0.388 e. The number of hydrogen-bond donors (Lipinski definition) is 1. The molecule has 0 aliphatic carbocycles. The van der Waals surface area contributed by atoms with Gasteiger partial charge in [0.25, 0.3) is 4.45 Å². The maximum atomic E-state index is 9.85. The minimum absolute atomic E-state index is 0.500. The number of nitrogens with zero attached hydrogens (tertiary/aromatic N) is 1. The molecule has 0 heterocycles. The van der Waals surface area contributed by atoms with E-state index in [2.05, 4.69) is 15.9 Å². The average Bonchev–Trinajstić information content (AvgIpc) is 1.67. The van der Waals surface area contributed by atoms with E-state index in [-0.39, 0.29) is 0 Å². The highest BCUT2D eigenvalue weighted by atomic mass is 79.9. The zero-order valence-corrected chi connectivity index (χ0v) is 5.88. The van der Waals surface area contributed by atoms with E-state index >= 15 is 0 Å². The summed E-state index contributed by atoms with van der Waals surface area (Å²) in [5.41, 5.74) is 0. The predicted molar refractivity (Wildman–Crippen MR) is 31.4 cm³/mol. The van der Waals surface area contributed by atoms with Gasteiger partial charge in [0.15, 0.2) is 0 Å². The van der Waals surface area contributed by atoms with Crippen LogP contribution in [0.3, 0.4) is 0 Å². The Hall–Kier alpha value is -0.160. The Morgan fingerprint density at radius 1 is 2.00 bits per heavy atom. The van der Waals surface area contributed by atoms with Gasteiger partial charge in [0.05, 0.1) is 0 Å². The smallest absolute Gasteiger partial charge is 0.294 e. The number of aliphatic hydroxyl groups excluding tert-OH is 1. The SMILES string of the molecule is C[C@@](Br)(CO)[N+](=O)[O-]. The Balaban J connectivity index is 3.91. The van der Waals surface area contributed by atoms with Crippen molar-refractivity contribution in [2.24, 2.45) is 0 Å². The molecule has 0 aliphatic rings. The Labute approximate surface area is 54.8 Å². The van der Waals surface area contributed by atoms with Crippen LogP contribution in [0.2, 0.25) is 0 Å². The van der Waals surface area contributed by atoms with Crippen LogP contribution in [0.15, 0.2) is 0 Å². The van der Waals surface area contributed by atoms with Crippen molar-refractivity contribution in [1.29, 1.82) is 0 Å². The van der Waals surface area contributed by atoms with Crippen molar-refractivity contribution in [3.05, 3.63) is 10.1 Å². The molecule has 0 aromatic rings. The molecule has 1 N–H and O–H groups in total. The first-order chi connectivity index (χ1) is 3.50. The van der Waals surface area contributed by atoms with Crippen molar-refractivity contribution in [3.63, 3.8) is 0 Å². The highest BCUT2D eigenvalue weighted by Crippen LogP contribution is 2.15. The molecule has 0 aromatic heterocycles. The zero-order valence-electron chi connectivity index (χ0n) is 4.30. The molecule has 5 heteroatoms. The standard InChI is InChI=1S/C3H6BrNO3/c1-3(4,2-6)5(7)8/h6H,2H2,1H3/t3-/m0/s1. The molecule has 0 unspecified atom stereocenters. The summed E-state index contributed by atoms with van der Waals surface area (Å²) in [5, 5.41) is 18.1. The van der Waals surface area contributed by atoms with Gasteiger partial charge in [-0.2, -0.15) is 0 Å². The molecule has 0 radical (unpaired) electrons. The first-order valence-electron chi connectivity index (χ1n) is 1.95. The fourth-order valence-corrected chi connectivity index (χ4v) is 0.0577. The van der Waals surface area contributed by atoms with Gasteiger partial charge < -0.3 is 5.11 Å². The summed E-state index contributed by atoms with van der Waals surface area (Å²) in [4.78, 5) is 9.26. The van der Waals surface area contributed by atoms with E-state index in [1.54, 1.807) is 0 Å². The van der Waals surface area contributed by atoms with E-state index in [0.717, 1.165) is 0 Å². The average molecular weight is 184 g/mol. The van der Waals surface area contributed by atoms with Crippen LogP contribution < -0.4 is 0 Å². The molecular formula is C3H6BrNO3. The lowest BCUT2D eigenvalue weighted by Crippen LogP contribution is -2.31. The minimum Gasteiger partial charge on any atom is -0.388 e. The minimum atomic E-state index is -1.37. The van der Waals surface area contributed by atoms with E-state index in [1.807, 2.05) is 0 Å². The normalized spacial score (nSPS) is 17.4. The number of alkyl halides is 1. The van der Waals surface area contributed by atoms with Gasteiger partial charge >= 0.3 is 0 Å². The molecule has 0 fully saturated rings. The Kier molecular flexibility index (Phi) is 2.36. The molecule has 0 aromatic carbocycles. The van der Waals surface area contributed by atoms with Gasteiger partial charge in [-0.25, -0.2) is 0 Å². The van der Waals surface area contributed by atoms with E-state index in [0.29, 0.717) is 0 Å². The molecule has 0 saturated carbocycles. The third-order valence-corrected chi connectivity index (χ3v) is 1.21. The van der Waals surface area contributed by atoms with Crippen LogP contribution in [0, 0.1) is 10.1 Å². The van der Waals surface area contributed by atoms with Crippen LogP contribution in [0.25, 0.3) is 0 Å². The maximum absolute atomic E-state index is 9.85. The summed E-state index contributed by atoms with van der Waals surface area (Å²) in [6.45, 7) is 0.785. The fraction of sp³-hybridized carbons (Fsp3) is 1.00. The summed E-state index contributed by atoms with van der Waals surface area (Å²) in [6.07, 6.45) is 0. The summed E-state index contributed by atoms with van der Waals surface area (Å²) >= 11 is 2.70. The van der Waals surface area contributed by atoms with E-state index < -0.39 is 16.0 Å². The molecule has 8 heavy (non-hydrogen) atoms. The number of halogens is 1. The quantitative estimate of drug-likeness (QED) is 0.291. The topological polar surface area (TPSA) is 63.4 Å². The maximum Gasteiger partial charge on any atom is 0.294 e. The summed E-state index contributed by atoms with van der Waals surface area (Å²) in [5.74, 6) is 0. The lowest BCUT2D eigenvalue weighted by molar-refractivity contribution is -0.534. The van der Waals surface area contributed by atoms with Gasteiger partial charge in [-0.05, 0) is 0 Å². The van der Waals surface area contributed by atoms with Gasteiger partial charge in [-0.15, -0.1) is 0 Å². The molecule has 1 atom stereocenters. The van der Waals surface area contributed by atoms with Crippen molar-refractivity contribution in [3.8, 4) is 0 Å². The van der Waals surface area contributed by atoms with Crippen LogP contribution in [-0.4, -0.2) is 21.1 Å².